The molecular weight excluding hydrogens is 425 g/mol. The lowest BCUT2D eigenvalue weighted by molar-refractivity contribution is 0.138. The SMILES string of the molecule is CCC(Nc1nc(Nc2ccc(OC)c(F)c2)nc(NC2CCCCOC2)n1)C1CCCN1. The summed E-state index contributed by atoms with van der Waals surface area (Å²) < 4.78 is 24.9. The summed E-state index contributed by atoms with van der Waals surface area (Å²) >= 11 is 0. The average molecular weight is 460 g/mol. The van der Waals surface area contributed by atoms with E-state index in [1.54, 1.807) is 12.1 Å². The van der Waals surface area contributed by atoms with Gasteiger partial charge in [0, 0.05) is 30.4 Å². The van der Waals surface area contributed by atoms with E-state index in [9.17, 15) is 4.39 Å². The zero-order valence-electron chi connectivity index (χ0n) is 19.4. The maximum Gasteiger partial charge on any atom is 0.233 e. The van der Waals surface area contributed by atoms with Crippen LogP contribution in [0.1, 0.15) is 45.4 Å². The molecule has 2 fully saturated rings. The van der Waals surface area contributed by atoms with Crippen molar-refractivity contribution in [3.63, 3.8) is 0 Å². The van der Waals surface area contributed by atoms with Gasteiger partial charge in [-0.3, -0.25) is 0 Å². The van der Waals surface area contributed by atoms with Crippen LogP contribution >= 0.6 is 0 Å². The molecule has 33 heavy (non-hydrogen) atoms. The Morgan fingerprint density at radius 2 is 2.00 bits per heavy atom. The minimum absolute atomic E-state index is 0.132. The normalized spacial score (nSPS) is 21.8. The maximum absolute atomic E-state index is 14.2. The van der Waals surface area contributed by atoms with Crippen LogP contribution in [0, 0.1) is 5.82 Å². The van der Waals surface area contributed by atoms with E-state index in [4.69, 9.17) is 9.47 Å². The lowest BCUT2D eigenvalue weighted by atomic mass is 10.0. The highest BCUT2D eigenvalue weighted by atomic mass is 19.1. The predicted octanol–water partition coefficient (Wildman–Crippen LogP) is 3.69. The molecule has 3 atom stereocenters. The molecule has 2 aliphatic heterocycles. The third-order valence-corrected chi connectivity index (χ3v) is 6.13. The minimum atomic E-state index is -0.456. The first kappa shape index (κ1) is 23.4. The molecule has 1 aromatic carbocycles. The molecule has 0 radical (unpaired) electrons. The summed E-state index contributed by atoms with van der Waals surface area (Å²) in [6.07, 6.45) is 6.38. The van der Waals surface area contributed by atoms with E-state index >= 15 is 0 Å². The first-order chi connectivity index (χ1) is 16.1. The van der Waals surface area contributed by atoms with E-state index in [0.717, 1.165) is 45.3 Å². The van der Waals surface area contributed by atoms with Gasteiger partial charge < -0.3 is 30.7 Å². The Kier molecular flexibility index (Phi) is 8.11. The summed E-state index contributed by atoms with van der Waals surface area (Å²) in [6, 6.07) is 5.37. The molecule has 3 unspecified atom stereocenters. The van der Waals surface area contributed by atoms with Crippen LogP contribution in [0.2, 0.25) is 0 Å². The first-order valence-electron chi connectivity index (χ1n) is 11.9. The zero-order valence-corrected chi connectivity index (χ0v) is 19.4. The van der Waals surface area contributed by atoms with Crippen molar-refractivity contribution in [2.24, 2.45) is 0 Å². The molecule has 0 spiro atoms. The van der Waals surface area contributed by atoms with Crippen molar-refractivity contribution < 1.29 is 13.9 Å². The van der Waals surface area contributed by atoms with Gasteiger partial charge >= 0.3 is 0 Å². The number of ether oxygens (including phenoxy) is 2. The van der Waals surface area contributed by atoms with E-state index < -0.39 is 5.82 Å². The van der Waals surface area contributed by atoms with Crippen molar-refractivity contribution >= 4 is 23.5 Å². The summed E-state index contributed by atoms with van der Waals surface area (Å²) in [6.45, 7) is 4.58. The van der Waals surface area contributed by atoms with Crippen LogP contribution in [0.3, 0.4) is 0 Å². The van der Waals surface area contributed by atoms with Gasteiger partial charge in [0.1, 0.15) is 0 Å². The van der Waals surface area contributed by atoms with E-state index in [2.05, 4.69) is 43.1 Å². The topological polar surface area (TPSA) is 105 Å². The quantitative estimate of drug-likeness (QED) is 0.447. The molecule has 1 aromatic heterocycles. The smallest absolute Gasteiger partial charge is 0.233 e. The summed E-state index contributed by atoms with van der Waals surface area (Å²) in [4.78, 5) is 13.8. The molecule has 0 aliphatic carbocycles. The molecular formula is C23H34FN7O2. The maximum atomic E-state index is 14.2. The third kappa shape index (κ3) is 6.42. The Labute approximate surface area is 194 Å². The summed E-state index contributed by atoms with van der Waals surface area (Å²) in [5.74, 6) is 1.02. The fourth-order valence-electron chi connectivity index (χ4n) is 4.34. The van der Waals surface area contributed by atoms with Gasteiger partial charge in [-0.05, 0) is 57.2 Å². The van der Waals surface area contributed by atoms with E-state index in [1.165, 1.54) is 19.6 Å². The number of nitrogens with one attached hydrogen (secondary N) is 4. The Balaban J connectivity index is 1.56. The number of aromatic nitrogens is 3. The van der Waals surface area contributed by atoms with Crippen molar-refractivity contribution in [2.45, 2.75) is 63.6 Å². The number of rotatable bonds is 9. The second-order valence-corrected chi connectivity index (χ2v) is 8.55. The molecule has 2 aliphatic rings. The van der Waals surface area contributed by atoms with Crippen LogP contribution in [0.25, 0.3) is 0 Å². The number of halogens is 1. The Morgan fingerprint density at radius 3 is 2.76 bits per heavy atom. The van der Waals surface area contributed by atoms with Gasteiger partial charge in [-0.25, -0.2) is 4.39 Å². The summed E-state index contributed by atoms with van der Waals surface area (Å²) in [7, 11) is 1.44. The van der Waals surface area contributed by atoms with Crippen LogP contribution < -0.4 is 26.0 Å². The largest absolute Gasteiger partial charge is 0.494 e. The average Bonchev–Trinajstić information content (AvgIpc) is 3.22. The van der Waals surface area contributed by atoms with Crippen LogP contribution in [-0.4, -0.2) is 59.9 Å². The molecule has 0 amide bonds. The molecule has 2 aromatic rings. The van der Waals surface area contributed by atoms with Gasteiger partial charge in [-0.2, -0.15) is 15.0 Å². The van der Waals surface area contributed by atoms with Crippen molar-refractivity contribution in [1.29, 1.82) is 0 Å². The van der Waals surface area contributed by atoms with Crippen molar-refractivity contribution in [3.05, 3.63) is 24.0 Å². The fraction of sp³-hybridized carbons (Fsp3) is 0.609. The lowest BCUT2D eigenvalue weighted by Crippen LogP contribution is -2.40. The number of hydrogen-bond acceptors (Lipinski definition) is 9. The minimum Gasteiger partial charge on any atom is -0.494 e. The standard InChI is InChI=1S/C23H34FN7O2/c1-3-18(19-8-6-11-25-19)28-23-30-21(26-15-9-10-20(32-2)17(24)13-15)29-22(31-23)27-16-7-4-5-12-33-14-16/h9-10,13,16,18-19,25H,3-8,11-12,14H2,1-2H3,(H3,26,27,28,29,30,31). The molecule has 180 valence electrons. The zero-order chi connectivity index (χ0) is 23.0. The highest BCUT2D eigenvalue weighted by molar-refractivity contribution is 5.57. The molecule has 9 nitrogen and oxygen atoms in total. The van der Waals surface area contributed by atoms with Crippen molar-refractivity contribution in [3.8, 4) is 5.75 Å². The highest BCUT2D eigenvalue weighted by Crippen LogP contribution is 2.24. The molecule has 3 heterocycles. The molecule has 2 saturated heterocycles. The monoisotopic (exact) mass is 459 g/mol. The van der Waals surface area contributed by atoms with Crippen LogP contribution in [0.5, 0.6) is 5.75 Å². The number of benzene rings is 1. The Hall–Kier alpha value is -2.72. The van der Waals surface area contributed by atoms with Gasteiger partial charge in [0.25, 0.3) is 0 Å². The van der Waals surface area contributed by atoms with Gasteiger partial charge in [0.15, 0.2) is 11.6 Å². The number of hydrogen-bond donors (Lipinski definition) is 4. The van der Waals surface area contributed by atoms with Crippen LogP contribution in [0.15, 0.2) is 18.2 Å². The Bertz CT molecular complexity index is 902. The van der Waals surface area contributed by atoms with Gasteiger partial charge in [-0.15, -0.1) is 0 Å². The molecule has 4 rings (SSSR count). The summed E-state index contributed by atoms with van der Waals surface area (Å²) in [5, 5.41) is 13.5. The predicted molar refractivity (Wildman–Crippen MR) is 127 cm³/mol. The van der Waals surface area contributed by atoms with Crippen LogP contribution in [-0.2, 0) is 4.74 Å². The molecule has 0 bridgehead atoms. The van der Waals surface area contributed by atoms with Crippen molar-refractivity contribution in [1.82, 2.24) is 20.3 Å². The van der Waals surface area contributed by atoms with E-state index in [0.29, 0.717) is 36.2 Å². The molecule has 10 heteroatoms. The van der Waals surface area contributed by atoms with E-state index in [-0.39, 0.29) is 17.8 Å². The first-order valence-corrected chi connectivity index (χ1v) is 11.9. The molecule has 0 saturated carbocycles. The summed E-state index contributed by atoms with van der Waals surface area (Å²) in [5.41, 5.74) is 0.527. The number of nitrogens with zero attached hydrogens (tertiary/aromatic N) is 3. The second-order valence-electron chi connectivity index (χ2n) is 8.55. The van der Waals surface area contributed by atoms with E-state index in [1.807, 2.05) is 0 Å². The lowest BCUT2D eigenvalue weighted by Gasteiger charge is -2.24. The fourth-order valence-corrected chi connectivity index (χ4v) is 4.34. The van der Waals surface area contributed by atoms with Crippen LogP contribution in [0.4, 0.5) is 27.9 Å². The van der Waals surface area contributed by atoms with Crippen molar-refractivity contribution in [2.75, 3.05) is 42.8 Å². The number of methoxy groups -OCH3 is 1. The van der Waals surface area contributed by atoms with Gasteiger partial charge in [0.05, 0.1) is 19.8 Å². The molecule has 4 N–H and O–H groups in total. The second kappa shape index (κ2) is 11.4. The number of anilines is 4. The highest BCUT2D eigenvalue weighted by Gasteiger charge is 2.24. The van der Waals surface area contributed by atoms with Gasteiger partial charge in [-0.1, -0.05) is 6.92 Å². The third-order valence-electron chi connectivity index (χ3n) is 6.13. The Morgan fingerprint density at radius 1 is 1.15 bits per heavy atom. The van der Waals surface area contributed by atoms with Gasteiger partial charge in [0.2, 0.25) is 17.8 Å².